The Hall–Kier alpha value is -2.47. The second-order valence-corrected chi connectivity index (χ2v) is 7.52. The van der Waals surface area contributed by atoms with Gasteiger partial charge in [0.1, 0.15) is 0 Å². The highest BCUT2D eigenvalue weighted by atomic mass is 32.2. The summed E-state index contributed by atoms with van der Waals surface area (Å²) in [6, 6.07) is 11.1. The molecule has 2 atom stereocenters. The molecule has 6 heteroatoms. The molecule has 2 aromatic rings. The van der Waals surface area contributed by atoms with Crippen molar-refractivity contribution in [2.24, 2.45) is 0 Å². The summed E-state index contributed by atoms with van der Waals surface area (Å²) in [5.41, 5.74) is 3.51. The predicted octanol–water partition coefficient (Wildman–Crippen LogP) is 2.74. The molecule has 25 heavy (non-hydrogen) atoms. The number of carboxylic acid groups (broad SMARTS) is 1. The average Bonchev–Trinajstić information content (AvgIpc) is 2.50. The fourth-order valence-electron chi connectivity index (χ4n) is 2.72. The molecule has 0 heterocycles. The van der Waals surface area contributed by atoms with Crippen molar-refractivity contribution < 1.29 is 18.9 Å². The van der Waals surface area contributed by atoms with Crippen molar-refractivity contribution in [1.29, 1.82) is 0 Å². The second kappa shape index (κ2) is 8.07. The van der Waals surface area contributed by atoms with Gasteiger partial charge in [-0.25, -0.2) is 4.79 Å². The molecule has 0 radical (unpaired) electrons. The first-order chi connectivity index (χ1) is 11.8. The van der Waals surface area contributed by atoms with E-state index in [0.29, 0.717) is 16.9 Å². The van der Waals surface area contributed by atoms with Gasteiger partial charge in [-0.05, 0) is 37.1 Å². The number of rotatable bonds is 6. The number of nitrogens with one attached hydrogen (secondary N) is 1. The molecule has 132 valence electrons. The zero-order valence-corrected chi connectivity index (χ0v) is 15.2. The molecule has 2 N–H and O–H groups in total. The second-order valence-electron chi connectivity index (χ2n) is 6.08. The minimum atomic E-state index is -1.13. The quantitative estimate of drug-likeness (QED) is 0.831. The van der Waals surface area contributed by atoms with Crippen LogP contribution in [-0.2, 0) is 21.3 Å². The van der Waals surface area contributed by atoms with Crippen molar-refractivity contribution in [2.75, 3.05) is 6.26 Å². The van der Waals surface area contributed by atoms with Gasteiger partial charge in [0, 0.05) is 28.4 Å². The Morgan fingerprint density at radius 2 is 1.76 bits per heavy atom. The van der Waals surface area contributed by atoms with Crippen LogP contribution in [0, 0.1) is 13.8 Å². The van der Waals surface area contributed by atoms with Gasteiger partial charge in [0.05, 0.1) is 0 Å². The van der Waals surface area contributed by atoms with Crippen LogP contribution in [0.1, 0.15) is 38.7 Å². The molecule has 1 amide bonds. The van der Waals surface area contributed by atoms with Gasteiger partial charge in [-0.1, -0.05) is 41.5 Å². The molecule has 0 saturated carbocycles. The SMILES string of the molecule is Cc1cc(C)cc(C(NC(=O)c2cccc(CS(C)=O)c2)C(=O)O)c1. The Morgan fingerprint density at radius 3 is 2.32 bits per heavy atom. The summed E-state index contributed by atoms with van der Waals surface area (Å²) in [4.78, 5) is 24.1. The molecule has 0 saturated heterocycles. The lowest BCUT2D eigenvalue weighted by molar-refractivity contribution is -0.139. The monoisotopic (exact) mass is 359 g/mol. The molecule has 2 aromatic carbocycles. The number of aliphatic carboxylic acids is 1. The lowest BCUT2D eigenvalue weighted by atomic mass is 10.0. The molecule has 0 aliphatic heterocycles. The van der Waals surface area contributed by atoms with E-state index in [1.54, 1.807) is 42.7 Å². The van der Waals surface area contributed by atoms with Crippen molar-refractivity contribution in [3.63, 3.8) is 0 Å². The maximum Gasteiger partial charge on any atom is 0.330 e. The highest BCUT2D eigenvalue weighted by Gasteiger charge is 2.23. The molecular weight excluding hydrogens is 338 g/mol. The van der Waals surface area contributed by atoms with Gasteiger partial charge in [0.15, 0.2) is 6.04 Å². The van der Waals surface area contributed by atoms with Crippen molar-refractivity contribution in [1.82, 2.24) is 5.32 Å². The molecule has 0 aliphatic rings. The van der Waals surface area contributed by atoms with Crippen molar-refractivity contribution in [3.8, 4) is 0 Å². The van der Waals surface area contributed by atoms with E-state index < -0.39 is 28.7 Å². The number of carbonyl (C=O) groups excluding carboxylic acids is 1. The maximum atomic E-state index is 12.5. The van der Waals surface area contributed by atoms with Gasteiger partial charge >= 0.3 is 5.97 Å². The van der Waals surface area contributed by atoms with Gasteiger partial charge in [-0.15, -0.1) is 0 Å². The van der Waals surface area contributed by atoms with Gasteiger partial charge in [0.25, 0.3) is 5.91 Å². The van der Waals surface area contributed by atoms with Crippen molar-refractivity contribution >= 4 is 22.7 Å². The standard InChI is InChI=1S/C19H21NO4S/c1-12-7-13(2)9-16(8-12)17(19(22)23)20-18(21)15-6-4-5-14(10-15)11-25(3)24/h4-10,17H,11H2,1-3H3,(H,20,21)(H,22,23). The molecule has 0 fully saturated rings. The van der Waals surface area contributed by atoms with E-state index in [1.807, 2.05) is 19.9 Å². The summed E-state index contributed by atoms with van der Waals surface area (Å²) in [6.07, 6.45) is 1.59. The number of carbonyl (C=O) groups is 2. The third kappa shape index (κ3) is 5.26. The predicted molar refractivity (Wildman–Crippen MR) is 98.0 cm³/mol. The number of hydrogen-bond donors (Lipinski definition) is 2. The Bertz CT molecular complexity index is 812. The summed E-state index contributed by atoms with van der Waals surface area (Å²) in [5, 5.41) is 12.1. The van der Waals surface area contributed by atoms with Gasteiger partial charge in [-0.2, -0.15) is 0 Å². The third-order valence-electron chi connectivity index (χ3n) is 3.66. The molecule has 0 bridgehead atoms. The first-order valence-corrected chi connectivity index (χ1v) is 9.50. The van der Waals surface area contributed by atoms with E-state index in [0.717, 1.165) is 16.7 Å². The minimum absolute atomic E-state index is 0.346. The largest absolute Gasteiger partial charge is 0.479 e. The fourth-order valence-corrected chi connectivity index (χ4v) is 3.36. The number of carboxylic acids is 1. The summed E-state index contributed by atoms with van der Waals surface area (Å²) in [5.74, 6) is -1.25. The number of benzene rings is 2. The lowest BCUT2D eigenvalue weighted by Crippen LogP contribution is -2.33. The molecule has 2 rings (SSSR count). The van der Waals surface area contributed by atoms with E-state index in [-0.39, 0.29) is 0 Å². The van der Waals surface area contributed by atoms with Gasteiger partial charge < -0.3 is 10.4 Å². The van der Waals surface area contributed by atoms with Crippen LogP contribution in [0.15, 0.2) is 42.5 Å². The Kier molecular flexibility index (Phi) is 6.09. The first kappa shape index (κ1) is 18.9. The minimum Gasteiger partial charge on any atom is -0.479 e. The third-order valence-corrected chi connectivity index (χ3v) is 4.40. The molecule has 0 spiro atoms. The van der Waals surface area contributed by atoms with Crippen LogP contribution in [0.2, 0.25) is 0 Å². The van der Waals surface area contributed by atoms with Gasteiger partial charge in [0.2, 0.25) is 0 Å². The maximum absolute atomic E-state index is 12.5. The first-order valence-electron chi connectivity index (χ1n) is 7.77. The van der Waals surface area contributed by atoms with E-state index in [2.05, 4.69) is 5.32 Å². The fraction of sp³-hybridized carbons (Fsp3) is 0.263. The number of hydrogen-bond acceptors (Lipinski definition) is 3. The van der Waals surface area contributed by atoms with Crippen molar-refractivity contribution in [2.45, 2.75) is 25.6 Å². The van der Waals surface area contributed by atoms with Crippen LogP contribution in [0.3, 0.4) is 0 Å². The highest BCUT2D eigenvalue weighted by molar-refractivity contribution is 7.83. The van der Waals surface area contributed by atoms with Crippen LogP contribution >= 0.6 is 0 Å². The number of aryl methyl sites for hydroxylation is 2. The average molecular weight is 359 g/mol. The Balaban J connectivity index is 2.26. The molecule has 5 nitrogen and oxygen atoms in total. The topological polar surface area (TPSA) is 83.5 Å². The molecular formula is C19H21NO4S. The van der Waals surface area contributed by atoms with E-state index in [4.69, 9.17) is 0 Å². The highest BCUT2D eigenvalue weighted by Crippen LogP contribution is 2.18. The van der Waals surface area contributed by atoms with Crippen LogP contribution in [0.4, 0.5) is 0 Å². The summed E-state index contributed by atoms with van der Waals surface area (Å²) in [6.45, 7) is 3.76. The molecule has 0 aliphatic carbocycles. The van der Waals surface area contributed by atoms with E-state index in [1.165, 1.54) is 0 Å². The Morgan fingerprint density at radius 1 is 1.12 bits per heavy atom. The Labute approximate surface area is 149 Å². The van der Waals surface area contributed by atoms with Crippen LogP contribution in [0.25, 0.3) is 0 Å². The van der Waals surface area contributed by atoms with E-state index >= 15 is 0 Å². The van der Waals surface area contributed by atoms with Crippen LogP contribution < -0.4 is 5.32 Å². The number of amides is 1. The normalized spacial score (nSPS) is 13.1. The van der Waals surface area contributed by atoms with Gasteiger partial charge in [-0.3, -0.25) is 9.00 Å². The summed E-state index contributed by atoms with van der Waals surface area (Å²) < 4.78 is 11.3. The summed E-state index contributed by atoms with van der Waals surface area (Å²) >= 11 is 0. The zero-order valence-electron chi connectivity index (χ0n) is 14.4. The van der Waals surface area contributed by atoms with Crippen molar-refractivity contribution in [3.05, 3.63) is 70.3 Å². The molecule has 0 aromatic heterocycles. The van der Waals surface area contributed by atoms with Crippen LogP contribution in [-0.4, -0.2) is 27.4 Å². The van der Waals surface area contributed by atoms with Crippen LogP contribution in [0.5, 0.6) is 0 Å². The molecule has 2 unspecified atom stereocenters. The van der Waals surface area contributed by atoms with E-state index in [9.17, 15) is 18.9 Å². The zero-order chi connectivity index (χ0) is 18.6. The lowest BCUT2D eigenvalue weighted by Gasteiger charge is -2.16. The summed E-state index contributed by atoms with van der Waals surface area (Å²) in [7, 11) is -1.02. The smallest absolute Gasteiger partial charge is 0.330 e.